The van der Waals surface area contributed by atoms with Crippen LogP contribution in [-0.2, 0) is 21.1 Å². The van der Waals surface area contributed by atoms with Crippen LogP contribution in [0.1, 0.15) is 12.8 Å². The second kappa shape index (κ2) is 8.81. The predicted octanol–water partition coefficient (Wildman–Crippen LogP) is 4.19. The molecule has 0 spiro atoms. The number of ether oxygens (including phenoxy) is 1. The maximum Gasteiger partial charge on any atom is 0.284 e. The molecule has 10 heteroatoms. The van der Waals surface area contributed by atoms with Gasteiger partial charge < -0.3 is 9.30 Å². The number of nitrogens with zero attached hydrogens (tertiary/aromatic N) is 3. The minimum Gasteiger partial charge on any atom is -0.376 e. The fourth-order valence-corrected chi connectivity index (χ4v) is 5.10. The second-order valence-corrected chi connectivity index (χ2v) is 10.3. The molecule has 1 aliphatic rings. The fourth-order valence-electron chi connectivity index (χ4n) is 3.50. The van der Waals surface area contributed by atoms with Gasteiger partial charge in [-0.05, 0) is 42.3 Å². The number of hydrogen-bond acceptors (Lipinski definition) is 7. The number of hydrogen-bond donors (Lipinski definition) is 0. The van der Waals surface area contributed by atoms with E-state index in [4.69, 9.17) is 4.74 Å². The first-order valence-electron chi connectivity index (χ1n) is 9.72. The summed E-state index contributed by atoms with van der Waals surface area (Å²) in [5.74, 6) is 0. The van der Waals surface area contributed by atoms with Crippen molar-refractivity contribution in [3.63, 3.8) is 0 Å². The van der Waals surface area contributed by atoms with Crippen LogP contribution in [0.3, 0.4) is 0 Å². The Labute approximate surface area is 184 Å². The molecule has 4 rings (SSSR count). The highest BCUT2D eigenvalue weighted by Gasteiger charge is 2.24. The van der Waals surface area contributed by atoms with Crippen LogP contribution >= 0.6 is 11.8 Å². The molecule has 1 aromatic heterocycles. The van der Waals surface area contributed by atoms with Crippen molar-refractivity contribution in [1.82, 2.24) is 9.55 Å². The predicted molar refractivity (Wildman–Crippen MR) is 117 cm³/mol. The molecule has 162 valence electrons. The van der Waals surface area contributed by atoms with Gasteiger partial charge >= 0.3 is 0 Å². The summed E-state index contributed by atoms with van der Waals surface area (Å²) < 4.78 is 31.5. The Balaban J connectivity index is 1.74. The Morgan fingerprint density at radius 1 is 1.26 bits per heavy atom. The molecule has 0 amide bonds. The van der Waals surface area contributed by atoms with E-state index < -0.39 is 14.8 Å². The van der Waals surface area contributed by atoms with E-state index in [1.165, 1.54) is 12.1 Å². The highest BCUT2D eigenvalue weighted by molar-refractivity contribution is 7.99. The summed E-state index contributed by atoms with van der Waals surface area (Å²) in [5, 5.41) is 12.2. The van der Waals surface area contributed by atoms with Crippen LogP contribution in [0.15, 0.2) is 69.7 Å². The highest BCUT2D eigenvalue weighted by Crippen LogP contribution is 2.37. The summed E-state index contributed by atoms with van der Waals surface area (Å²) in [5.41, 5.74) is 1.62. The maximum absolute atomic E-state index is 11.8. The zero-order valence-electron chi connectivity index (χ0n) is 16.8. The van der Waals surface area contributed by atoms with Crippen molar-refractivity contribution in [1.29, 1.82) is 0 Å². The third kappa shape index (κ3) is 4.81. The number of benzene rings is 2. The van der Waals surface area contributed by atoms with Gasteiger partial charge in [-0.15, -0.1) is 0 Å². The molecule has 1 saturated heterocycles. The Morgan fingerprint density at radius 3 is 2.68 bits per heavy atom. The standard InChI is InChI=1S/C21H21N3O5S2/c1-31(27,28)17-9-10-20(18(12-17)24(25)26)30-21-22-13-19(15-6-3-2-4-7-15)23(21)14-16-8-5-11-29-16/h2-4,6-7,9-10,12-13,16H,5,8,11,14H2,1H3/t16-/m1/s1. The van der Waals surface area contributed by atoms with Gasteiger partial charge in [-0.3, -0.25) is 10.1 Å². The first-order valence-corrected chi connectivity index (χ1v) is 12.4. The monoisotopic (exact) mass is 459 g/mol. The molecule has 0 N–H and O–H groups in total. The molecule has 2 aromatic carbocycles. The maximum atomic E-state index is 11.8. The lowest BCUT2D eigenvalue weighted by Crippen LogP contribution is -2.16. The zero-order chi connectivity index (χ0) is 22.0. The minimum atomic E-state index is -3.56. The quantitative estimate of drug-likeness (QED) is 0.385. The number of nitro benzene ring substituents is 1. The van der Waals surface area contributed by atoms with E-state index in [0.717, 1.165) is 54.8 Å². The molecule has 8 nitrogen and oxygen atoms in total. The third-order valence-electron chi connectivity index (χ3n) is 5.06. The summed E-state index contributed by atoms with van der Waals surface area (Å²) in [7, 11) is -3.56. The summed E-state index contributed by atoms with van der Waals surface area (Å²) >= 11 is 1.15. The van der Waals surface area contributed by atoms with E-state index in [2.05, 4.69) is 4.98 Å². The lowest BCUT2D eigenvalue weighted by Gasteiger charge is -2.16. The van der Waals surface area contributed by atoms with Crippen LogP contribution in [0.4, 0.5) is 5.69 Å². The summed E-state index contributed by atoms with van der Waals surface area (Å²) in [4.78, 5) is 15.8. The average molecular weight is 460 g/mol. The molecular formula is C21H21N3O5S2. The smallest absolute Gasteiger partial charge is 0.284 e. The summed E-state index contributed by atoms with van der Waals surface area (Å²) in [6.07, 6.45) is 4.78. The molecule has 3 aromatic rings. The Morgan fingerprint density at radius 2 is 2.03 bits per heavy atom. The van der Waals surface area contributed by atoms with E-state index in [1.807, 2.05) is 34.9 Å². The van der Waals surface area contributed by atoms with Crippen molar-refractivity contribution >= 4 is 27.3 Å². The van der Waals surface area contributed by atoms with Crippen LogP contribution < -0.4 is 0 Å². The van der Waals surface area contributed by atoms with Gasteiger partial charge in [0.15, 0.2) is 15.0 Å². The van der Waals surface area contributed by atoms with Gasteiger partial charge in [0.25, 0.3) is 5.69 Å². The van der Waals surface area contributed by atoms with Crippen LogP contribution in [0.5, 0.6) is 0 Å². The topological polar surface area (TPSA) is 104 Å². The Kier molecular flexibility index (Phi) is 6.12. The molecule has 1 aliphatic heterocycles. The normalized spacial score (nSPS) is 16.5. The number of aromatic nitrogens is 2. The van der Waals surface area contributed by atoms with Gasteiger partial charge in [-0.1, -0.05) is 30.3 Å². The lowest BCUT2D eigenvalue weighted by molar-refractivity contribution is -0.388. The van der Waals surface area contributed by atoms with Gasteiger partial charge in [0, 0.05) is 18.9 Å². The van der Waals surface area contributed by atoms with Gasteiger partial charge in [0.2, 0.25) is 0 Å². The SMILES string of the molecule is CS(=O)(=O)c1ccc(Sc2ncc(-c3ccccc3)n2C[C@H]2CCCO2)c([N+](=O)[O-])c1. The number of sulfone groups is 1. The Bertz CT molecular complexity index is 1200. The minimum absolute atomic E-state index is 0.0543. The largest absolute Gasteiger partial charge is 0.376 e. The lowest BCUT2D eigenvalue weighted by atomic mass is 10.1. The number of nitro groups is 1. The van der Waals surface area contributed by atoms with Crippen LogP contribution in [0, 0.1) is 10.1 Å². The van der Waals surface area contributed by atoms with Crippen molar-refractivity contribution in [3.8, 4) is 11.3 Å². The van der Waals surface area contributed by atoms with Crippen LogP contribution in [-0.4, -0.2) is 41.9 Å². The van der Waals surface area contributed by atoms with Gasteiger partial charge in [0.1, 0.15) is 0 Å². The molecule has 2 heterocycles. The third-order valence-corrected chi connectivity index (χ3v) is 7.24. The highest BCUT2D eigenvalue weighted by atomic mass is 32.2. The molecule has 1 fully saturated rings. The first kappa shape index (κ1) is 21.5. The van der Waals surface area contributed by atoms with Gasteiger partial charge in [0.05, 0.1) is 39.3 Å². The first-order chi connectivity index (χ1) is 14.8. The van der Waals surface area contributed by atoms with Crippen molar-refractivity contribution in [2.45, 2.75) is 40.4 Å². The molecule has 1 atom stereocenters. The molecule has 0 radical (unpaired) electrons. The summed E-state index contributed by atoms with van der Waals surface area (Å²) in [6.45, 7) is 1.31. The molecule has 0 saturated carbocycles. The number of imidazole rings is 1. The molecular weight excluding hydrogens is 438 g/mol. The van der Waals surface area contributed by atoms with E-state index in [0.29, 0.717) is 16.6 Å². The fraction of sp³-hybridized carbons (Fsp3) is 0.286. The molecule has 0 aliphatic carbocycles. The van der Waals surface area contributed by atoms with E-state index in [1.54, 1.807) is 6.20 Å². The molecule has 0 unspecified atom stereocenters. The van der Waals surface area contributed by atoms with Crippen molar-refractivity contribution in [2.75, 3.05) is 12.9 Å². The van der Waals surface area contributed by atoms with Crippen molar-refractivity contribution < 1.29 is 18.1 Å². The Hall–Kier alpha value is -2.69. The number of rotatable bonds is 7. The average Bonchev–Trinajstić information content (AvgIpc) is 3.39. The van der Waals surface area contributed by atoms with Gasteiger partial charge in [-0.2, -0.15) is 0 Å². The van der Waals surface area contributed by atoms with E-state index in [-0.39, 0.29) is 16.7 Å². The molecule has 0 bridgehead atoms. The summed E-state index contributed by atoms with van der Waals surface area (Å²) in [6, 6.07) is 13.8. The van der Waals surface area contributed by atoms with Gasteiger partial charge in [-0.25, -0.2) is 13.4 Å². The van der Waals surface area contributed by atoms with Crippen molar-refractivity contribution in [3.05, 3.63) is 64.8 Å². The molecule has 31 heavy (non-hydrogen) atoms. The van der Waals surface area contributed by atoms with Crippen molar-refractivity contribution in [2.24, 2.45) is 0 Å². The van der Waals surface area contributed by atoms with E-state index >= 15 is 0 Å². The van der Waals surface area contributed by atoms with Crippen LogP contribution in [0.2, 0.25) is 0 Å². The van der Waals surface area contributed by atoms with Crippen LogP contribution in [0.25, 0.3) is 11.3 Å². The van der Waals surface area contributed by atoms with E-state index in [9.17, 15) is 18.5 Å². The second-order valence-electron chi connectivity index (χ2n) is 7.30. The zero-order valence-corrected chi connectivity index (χ0v) is 18.4.